The van der Waals surface area contributed by atoms with Crippen molar-refractivity contribution in [1.29, 1.82) is 0 Å². The molecule has 0 unspecified atom stereocenters. The number of H-pyrrole nitrogens is 1. The molecule has 6 heteroatoms. The topological polar surface area (TPSA) is 70.7 Å². The summed E-state index contributed by atoms with van der Waals surface area (Å²) in [6.07, 6.45) is 5.12. The standard InChI is InChI=1S/C13H15ClN4O/c1-2-3-10-6-9(7-11(14)18-10)13(19)17-8-12-15-4-5-16-12/h4-7H,2-3,8H2,1H3,(H,15,16)(H,17,19). The van der Waals surface area contributed by atoms with Gasteiger partial charge in [0.1, 0.15) is 11.0 Å². The van der Waals surface area contributed by atoms with Gasteiger partial charge >= 0.3 is 0 Å². The molecule has 2 aromatic rings. The number of hydrogen-bond acceptors (Lipinski definition) is 3. The van der Waals surface area contributed by atoms with Crippen LogP contribution in [-0.2, 0) is 13.0 Å². The Balaban J connectivity index is 2.05. The fourth-order valence-corrected chi connectivity index (χ4v) is 1.95. The Morgan fingerprint density at radius 3 is 3.00 bits per heavy atom. The highest BCUT2D eigenvalue weighted by atomic mass is 35.5. The van der Waals surface area contributed by atoms with Crippen LogP contribution in [0.25, 0.3) is 0 Å². The van der Waals surface area contributed by atoms with E-state index in [2.05, 4.69) is 27.2 Å². The number of halogens is 1. The SMILES string of the molecule is CCCc1cc(C(=O)NCc2ncc[nH]2)cc(Cl)n1. The van der Waals surface area contributed by atoms with Crippen molar-refractivity contribution in [1.82, 2.24) is 20.3 Å². The molecule has 0 aliphatic heterocycles. The van der Waals surface area contributed by atoms with E-state index in [1.54, 1.807) is 24.5 Å². The summed E-state index contributed by atoms with van der Waals surface area (Å²) in [6.45, 7) is 2.41. The van der Waals surface area contributed by atoms with E-state index in [1.165, 1.54) is 0 Å². The van der Waals surface area contributed by atoms with Gasteiger partial charge in [-0.3, -0.25) is 4.79 Å². The van der Waals surface area contributed by atoms with E-state index >= 15 is 0 Å². The number of carbonyl (C=O) groups excluding carboxylic acids is 1. The van der Waals surface area contributed by atoms with Crippen molar-refractivity contribution in [3.8, 4) is 0 Å². The Morgan fingerprint density at radius 1 is 1.47 bits per heavy atom. The van der Waals surface area contributed by atoms with Gasteiger partial charge < -0.3 is 10.3 Å². The van der Waals surface area contributed by atoms with Crippen molar-refractivity contribution in [3.05, 3.63) is 46.8 Å². The number of amides is 1. The Bertz CT molecular complexity index is 554. The zero-order chi connectivity index (χ0) is 13.7. The summed E-state index contributed by atoms with van der Waals surface area (Å²) in [7, 11) is 0. The predicted molar refractivity (Wildman–Crippen MR) is 73.0 cm³/mol. The molecule has 0 aromatic carbocycles. The Labute approximate surface area is 116 Å². The number of pyridine rings is 1. The highest BCUT2D eigenvalue weighted by Crippen LogP contribution is 2.12. The van der Waals surface area contributed by atoms with Gasteiger partial charge in [0, 0.05) is 23.7 Å². The highest BCUT2D eigenvalue weighted by Gasteiger charge is 2.09. The third kappa shape index (κ3) is 3.79. The van der Waals surface area contributed by atoms with Crippen LogP contribution in [0, 0.1) is 0 Å². The summed E-state index contributed by atoms with van der Waals surface area (Å²) < 4.78 is 0. The number of carbonyl (C=O) groups is 1. The van der Waals surface area contributed by atoms with Gasteiger partial charge in [0.15, 0.2) is 0 Å². The summed E-state index contributed by atoms with van der Waals surface area (Å²) in [5.74, 6) is 0.528. The summed E-state index contributed by atoms with van der Waals surface area (Å²) in [5.41, 5.74) is 1.35. The first-order valence-electron chi connectivity index (χ1n) is 6.12. The molecule has 0 aliphatic rings. The lowest BCUT2D eigenvalue weighted by Gasteiger charge is -2.06. The van der Waals surface area contributed by atoms with Crippen LogP contribution in [0.2, 0.25) is 5.15 Å². The Kier molecular flexibility index (Phi) is 4.52. The number of rotatable bonds is 5. The zero-order valence-electron chi connectivity index (χ0n) is 10.6. The molecule has 0 saturated carbocycles. The molecule has 100 valence electrons. The van der Waals surface area contributed by atoms with E-state index < -0.39 is 0 Å². The summed E-state index contributed by atoms with van der Waals surface area (Å²) in [5, 5.41) is 3.12. The summed E-state index contributed by atoms with van der Waals surface area (Å²) in [4.78, 5) is 23.2. The first-order chi connectivity index (χ1) is 9.19. The fourth-order valence-electron chi connectivity index (χ4n) is 1.73. The van der Waals surface area contributed by atoms with E-state index in [9.17, 15) is 4.79 Å². The molecule has 1 amide bonds. The monoisotopic (exact) mass is 278 g/mol. The lowest BCUT2D eigenvalue weighted by molar-refractivity contribution is 0.0949. The molecule has 0 saturated heterocycles. The minimum absolute atomic E-state index is 0.182. The second-order valence-electron chi connectivity index (χ2n) is 4.14. The number of aryl methyl sites for hydroxylation is 1. The van der Waals surface area contributed by atoms with E-state index in [4.69, 9.17) is 11.6 Å². The Hall–Kier alpha value is -1.88. The molecule has 2 rings (SSSR count). The van der Waals surface area contributed by atoms with Gasteiger partial charge in [-0.05, 0) is 18.6 Å². The molecule has 0 aliphatic carbocycles. The van der Waals surface area contributed by atoms with Gasteiger partial charge in [0.2, 0.25) is 0 Å². The van der Waals surface area contributed by atoms with Crippen LogP contribution in [0.15, 0.2) is 24.5 Å². The smallest absolute Gasteiger partial charge is 0.251 e. The van der Waals surface area contributed by atoms with E-state index in [0.717, 1.165) is 18.5 Å². The molecular weight excluding hydrogens is 264 g/mol. The molecule has 0 radical (unpaired) electrons. The van der Waals surface area contributed by atoms with Gasteiger partial charge in [0.05, 0.1) is 6.54 Å². The van der Waals surface area contributed by atoms with E-state index in [0.29, 0.717) is 23.1 Å². The van der Waals surface area contributed by atoms with E-state index in [-0.39, 0.29) is 5.91 Å². The van der Waals surface area contributed by atoms with Crippen molar-refractivity contribution in [2.24, 2.45) is 0 Å². The van der Waals surface area contributed by atoms with Crippen molar-refractivity contribution in [2.45, 2.75) is 26.3 Å². The fraction of sp³-hybridized carbons (Fsp3) is 0.308. The second kappa shape index (κ2) is 6.33. The first kappa shape index (κ1) is 13.5. The number of aromatic amines is 1. The number of nitrogens with one attached hydrogen (secondary N) is 2. The lowest BCUT2D eigenvalue weighted by atomic mass is 10.1. The predicted octanol–water partition coefficient (Wildman–Crippen LogP) is 2.34. The molecule has 0 atom stereocenters. The molecule has 0 fully saturated rings. The molecule has 5 nitrogen and oxygen atoms in total. The molecule has 0 spiro atoms. The van der Waals surface area contributed by atoms with Crippen LogP contribution < -0.4 is 5.32 Å². The molecule has 0 bridgehead atoms. The third-order valence-corrected chi connectivity index (χ3v) is 2.78. The highest BCUT2D eigenvalue weighted by molar-refractivity contribution is 6.29. The summed E-state index contributed by atoms with van der Waals surface area (Å²) >= 11 is 5.92. The van der Waals surface area contributed by atoms with Crippen LogP contribution in [0.3, 0.4) is 0 Å². The first-order valence-corrected chi connectivity index (χ1v) is 6.49. The van der Waals surface area contributed by atoms with Gasteiger partial charge in [-0.1, -0.05) is 24.9 Å². The lowest BCUT2D eigenvalue weighted by Crippen LogP contribution is -2.23. The number of hydrogen-bond donors (Lipinski definition) is 2. The van der Waals surface area contributed by atoms with Gasteiger partial charge in [-0.25, -0.2) is 9.97 Å². The molecular formula is C13H15ClN4O. The van der Waals surface area contributed by atoms with Crippen molar-refractivity contribution >= 4 is 17.5 Å². The number of aromatic nitrogens is 3. The van der Waals surface area contributed by atoms with Crippen molar-refractivity contribution in [3.63, 3.8) is 0 Å². The average molecular weight is 279 g/mol. The van der Waals surface area contributed by atoms with Crippen molar-refractivity contribution < 1.29 is 4.79 Å². The number of imidazole rings is 1. The minimum Gasteiger partial charge on any atom is -0.347 e. The maximum atomic E-state index is 12.0. The zero-order valence-corrected chi connectivity index (χ0v) is 11.4. The van der Waals surface area contributed by atoms with Gasteiger partial charge in [0.25, 0.3) is 5.91 Å². The molecule has 19 heavy (non-hydrogen) atoms. The summed E-state index contributed by atoms with van der Waals surface area (Å²) in [6, 6.07) is 3.34. The molecule has 2 heterocycles. The van der Waals surface area contributed by atoms with Crippen LogP contribution >= 0.6 is 11.6 Å². The molecule has 2 aromatic heterocycles. The van der Waals surface area contributed by atoms with Crippen molar-refractivity contribution in [2.75, 3.05) is 0 Å². The Morgan fingerprint density at radius 2 is 2.32 bits per heavy atom. The van der Waals surface area contributed by atoms with E-state index in [1.807, 2.05) is 0 Å². The second-order valence-corrected chi connectivity index (χ2v) is 4.53. The van der Waals surface area contributed by atoms with Crippen LogP contribution in [-0.4, -0.2) is 20.9 Å². The average Bonchev–Trinajstić information content (AvgIpc) is 2.88. The van der Waals surface area contributed by atoms with Gasteiger partial charge in [-0.15, -0.1) is 0 Å². The quantitative estimate of drug-likeness (QED) is 0.825. The maximum absolute atomic E-state index is 12.0. The minimum atomic E-state index is -0.182. The molecule has 2 N–H and O–H groups in total. The van der Waals surface area contributed by atoms with Crippen LogP contribution in [0.5, 0.6) is 0 Å². The largest absolute Gasteiger partial charge is 0.347 e. The number of nitrogens with zero attached hydrogens (tertiary/aromatic N) is 2. The maximum Gasteiger partial charge on any atom is 0.251 e. The van der Waals surface area contributed by atoms with Gasteiger partial charge in [-0.2, -0.15) is 0 Å². The van der Waals surface area contributed by atoms with Crippen LogP contribution in [0.1, 0.15) is 35.2 Å². The normalized spacial score (nSPS) is 10.4. The third-order valence-electron chi connectivity index (χ3n) is 2.59. The van der Waals surface area contributed by atoms with Crippen LogP contribution in [0.4, 0.5) is 0 Å².